The predicted octanol–water partition coefficient (Wildman–Crippen LogP) is 3.60. The number of rotatable bonds is 4. The van der Waals surface area contributed by atoms with Crippen LogP contribution in [0.5, 0.6) is 0 Å². The number of hydrogen-bond donors (Lipinski definition) is 1. The minimum Gasteiger partial charge on any atom is -0.464 e. The Balaban J connectivity index is 2.41. The Morgan fingerprint density at radius 3 is 2.67 bits per heavy atom. The molecule has 0 aliphatic rings. The van der Waals surface area contributed by atoms with Gasteiger partial charge in [-0.1, -0.05) is 25.1 Å². The first-order chi connectivity index (χ1) is 8.67. The molecule has 0 spiro atoms. The van der Waals surface area contributed by atoms with E-state index in [0.29, 0.717) is 11.1 Å². The van der Waals surface area contributed by atoms with Crippen molar-refractivity contribution in [3.63, 3.8) is 0 Å². The summed E-state index contributed by atoms with van der Waals surface area (Å²) in [6, 6.07) is 9.02. The molecule has 1 atom stereocenters. The van der Waals surface area contributed by atoms with E-state index in [1.807, 2.05) is 25.1 Å². The van der Waals surface area contributed by atoms with E-state index < -0.39 is 0 Å². The third-order valence-corrected chi connectivity index (χ3v) is 3.14. The Morgan fingerprint density at radius 2 is 2.06 bits per heavy atom. The van der Waals surface area contributed by atoms with Crippen LogP contribution in [0.15, 0.2) is 34.7 Å². The molecule has 1 aromatic carbocycles. The quantitative estimate of drug-likeness (QED) is 0.893. The molecule has 2 aromatic rings. The lowest BCUT2D eigenvalue weighted by atomic mass is 10.0. The lowest BCUT2D eigenvalue weighted by Crippen LogP contribution is -2.18. The van der Waals surface area contributed by atoms with Gasteiger partial charge in [0.1, 0.15) is 17.3 Å². The zero-order valence-electron chi connectivity index (χ0n) is 11.0. The molecule has 0 aliphatic carbocycles. The summed E-state index contributed by atoms with van der Waals surface area (Å²) in [5, 5.41) is 3.11. The first kappa shape index (κ1) is 12.8. The summed E-state index contributed by atoms with van der Waals surface area (Å²) in [5.41, 5.74) is 1.27. The summed E-state index contributed by atoms with van der Waals surface area (Å²) in [6.45, 7) is 3.80. The van der Waals surface area contributed by atoms with Crippen molar-refractivity contribution in [2.45, 2.75) is 26.3 Å². The van der Waals surface area contributed by atoms with E-state index in [2.05, 4.69) is 5.32 Å². The van der Waals surface area contributed by atoms with E-state index in [0.717, 1.165) is 17.9 Å². The molecule has 18 heavy (non-hydrogen) atoms. The van der Waals surface area contributed by atoms with Gasteiger partial charge in [0.15, 0.2) is 0 Å². The molecule has 1 N–H and O–H groups in total. The smallest absolute Gasteiger partial charge is 0.131 e. The topological polar surface area (TPSA) is 25.2 Å². The molecular weight excluding hydrogens is 229 g/mol. The Bertz CT molecular complexity index is 533. The summed E-state index contributed by atoms with van der Waals surface area (Å²) in [6.07, 6.45) is 0.840. The highest BCUT2D eigenvalue weighted by Gasteiger charge is 2.20. The highest BCUT2D eigenvalue weighted by Crippen LogP contribution is 2.27. The fourth-order valence-corrected chi connectivity index (χ4v) is 2.08. The first-order valence-corrected chi connectivity index (χ1v) is 6.18. The van der Waals surface area contributed by atoms with Crippen molar-refractivity contribution in [2.75, 3.05) is 7.05 Å². The van der Waals surface area contributed by atoms with Crippen LogP contribution in [0.1, 0.15) is 35.6 Å². The highest BCUT2D eigenvalue weighted by atomic mass is 19.1. The second kappa shape index (κ2) is 5.36. The number of benzene rings is 1. The molecule has 96 valence electrons. The zero-order valence-corrected chi connectivity index (χ0v) is 11.0. The number of hydrogen-bond acceptors (Lipinski definition) is 2. The first-order valence-electron chi connectivity index (χ1n) is 6.18. The maximum absolute atomic E-state index is 14.1. The SMILES string of the molecule is CCc1ccc(C(NC)c2cccc(C)c2F)o1. The van der Waals surface area contributed by atoms with E-state index in [-0.39, 0.29) is 11.9 Å². The van der Waals surface area contributed by atoms with Crippen molar-refractivity contribution in [2.24, 2.45) is 0 Å². The summed E-state index contributed by atoms with van der Waals surface area (Å²) < 4.78 is 19.8. The molecule has 3 heteroatoms. The van der Waals surface area contributed by atoms with Crippen molar-refractivity contribution < 1.29 is 8.81 Å². The molecule has 2 nitrogen and oxygen atoms in total. The zero-order chi connectivity index (χ0) is 13.1. The van der Waals surface area contributed by atoms with Gasteiger partial charge >= 0.3 is 0 Å². The Hall–Kier alpha value is -1.61. The monoisotopic (exact) mass is 247 g/mol. The maximum atomic E-state index is 14.1. The number of nitrogens with one attached hydrogen (secondary N) is 1. The van der Waals surface area contributed by atoms with Crippen molar-refractivity contribution >= 4 is 0 Å². The second-order valence-electron chi connectivity index (χ2n) is 4.36. The van der Waals surface area contributed by atoms with Crippen LogP contribution in [0.3, 0.4) is 0 Å². The van der Waals surface area contributed by atoms with Gasteiger partial charge in [-0.3, -0.25) is 0 Å². The molecule has 0 aliphatic heterocycles. The Labute approximate surface area is 107 Å². The van der Waals surface area contributed by atoms with Gasteiger partial charge in [-0.2, -0.15) is 0 Å². The van der Waals surface area contributed by atoms with Gasteiger partial charge in [0, 0.05) is 12.0 Å². The van der Waals surface area contributed by atoms with E-state index in [1.54, 1.807) is 26.1 Å². The number of halogens is 1. The van der Waals surface area contributed by atoms with Gasteiger partial charge in [-0.15, -0.1) is 0 Å². The molecule has 0 amide bonds. The standard InChI is InChI=1S/C15H18FNO/c1-4-11-8-9-13(18-11)15(17-3)12-7-5-6-10(2)14(12)16/h5-9,15,17H,4H2,1-3H3. The molecular formula is C15H18FNO. The van der Waals surface area contributed by atoms with Crippen LogP contribution in [-0.4, -0.2) is 7.05 Å². The average molecular weight is 247 g/mol. The van der Waals surface area contributed by atoms with Crippen LogP contribution in [0, 0.1) is 12.7 Å². The number of aryl methyl sites for hydroxylation is 2. The molecule has 1 heterocycles. The van der Waals surface area contributed by atoms with Crippen molar-refractivity contribution in [1.82, 2.24) is 5.32 Å². The predicted molar refractivity (Wildman–Crippen MR) is 70.1 cm³/mol. The molecule has 2 rings (SSSR count). The van der Waals surface area contributed by atoms with Crippen LogP contribution in [0.25, 0.3) is 0 Å². The van der Waals surface area contributed by atoms with E-state index in [9.17, 15) is 4.39 Å². The Kier molecular flexibility index (Phi) is 3.82. The third-order valence-electron chi connectivity index (χ3n) is 3.14. The van der Waals surface area contributed by atoms with Gasteiger partial charge in [0.25, 0.3) is 0 Å². The van der Waals surface area contributed by atoms with Crippen LogP contribution in [-0.2, 0) is 6.42 Å². The van der Waals surface area contributed by atoms with E-state index >= 15 is 0 Å². The fourth-order valence-electron chi connectivity index (χ4n) is 2.08. The van der Waals surface area contributed by atoms with Crippen LogP contribution < -0.4 is 5.32 Å². The average Bonchev–Trinajstić information content (AvgIpc) is 2.84. The lowest BCUT2D eigenvalue weighted by molar-refractivity contribution is 0.426. The van der Waals surface area contributed by atoms with Crippen LogP contribution >= 0.6 is 0 Å². The fraction of sp³-hybridized carbons (Fsp3) is 0.333. The van der Waals surface area contributed by atoms with Crippen LogP contribution in [0.2, 0.25) is 0 Å². The van der Waals surface area contributed by atoms with Gasteiger partial charge in [-0.25, -0.2) is 4.39 Å². The molecule has 1 aromatic heterocycles. The molecule has 0 fully saturated rings. The van der Waals surface area contributed by atoms with E-state index in [1.165, 1.54) is 0 Å². The third kappa shape index (κ3) is 2.31. The molecule has 0 saturated heterocycles. The van der Waals surface area contributed by atoms with Crippen LogP contribution in [0.4, 0.5) is 4.39 Å². The number of furan rings is 1. The largest absolute Gasteiger partial charge is 0.464 e. The molecule has 1 unspecified atom stereocenters. The summed E-state index contributed by atoms with van der Waals surface area (Å²) in [5.74, 6) is 1.49. The second-order valence-corrected chi connectivity index (χ2v) is 4.36. The Morgan fingerprint density at radius 1 is 1.28 bits per heavy atom. The molecule has 0 radical (unpaired) electrons. The van der Waals surface area contributed by atoms with Gasteiger partial charge in [0.2, 0.25) is 0 Å². The summed E-state index contributed by atoms with van der Waals surface area (Å²) in [7, 11) is 1.81. The van der Waals surface area contributed by atoms with E-state index in [4.69, 9.17) is 4.42 Å². The molecule has 0 saturated carbocycles. The summed E-state index contributed by atoms with van der Waals surface area (Å²) >= 11 is 0. The highest BCUT2D eigenvalue weighted by molar-refractivity contribution is 5.32. The van der Waals surface area contributed by atoms with Gasteiger partial charge in [-0.05, 0) is 31.7 Å². The lowest BCUT2D eigenvalue weighted by Gasteiger charge is -2.16. The van der Waals surface area contributed by atoms with Gasteiger partial charge in [0.05, 0.1) is 6.04 Å². The maximum Gasteiger partial charge on any atom is 0.131 e. The van der Waals surface area contributed by atoms with Crippen molar-refractivity contribution in [1.29, 1.82) is 0 Å². The minimum atomic E-state index is -0.245. The van der Waals surface area contributed by atoms with Crippen molar-refractivity contribution in [3.8, 4) is 0 Å². The normalized spacial score (nSPS) is 12.7. The van der Waals surface area contributed by atoms with Gasteiger partial charge < -0.3 is 9.73 Å². The minimum absolute atomic E-state index is 0.175. The summed E-state index contributed by atoms with van der Waals surface area (Å²) in [4.78, 5) is 0. The molecule has 0 bridgehead atoms. The van der Waals surface area contributed by atoms with Crippen molar-refractivity contribution in [3.05, 3.63) is 58.8 Å².